The van der Waals surface area contributed by atoms with Gasteiger partial charge in [0.15, 0.2) is 0 Å². The molecule has 2 rings (SSSR count). The van der Waals surface area contributed by atoms with Gasteiger partial charge in [0.1, 0.15) is 0 Å². The van der Waals surface area contributed by atoms with Crippen molar-refractivity contribution in [3.05, 3.63) is 0 Å². The van der Waals surface area contributed by atoms with E-state index in [9.17, 15) is 14.1 Å². The lowest BCUT2D eigenvalue weighted by Crippen LogP contribution is -2.43. The van der Waals surface area contributed by atoms with Gasteiger partial charge < -0.3 is 14.9 Å². The van der Waals surface area contributed by atoms with Gasteiger partial charge in [0.05, 0.1) is 28.6 Å². The maximum atomic E-state index is 12.3. The van der Waals surface area contributed by atoms with Crippen molar-refractivity contribution >= 4 is 16.8 Å². The largest absolute Gasteiger partial charge is 0.481 e. The van der Waals surface area contributed by atoms with Crippen molar-refractivity contribution in [3.8, 4) is 0 Å². The van der Waals surface area contributed by atoms with Crippen LogP contribution in [-0.4, -0.2) is 49.7 Å². The molecule has 0 amide bonds. The fraction of sp³-hybridized carbons (Fsp3) is 0.923. The molecule has 1 saturated carbocycles. The highest BCUT2D eigenvalue weighted by molar-refractivity contribution is 7.85. The third-order valence-electron chi connectivity index (χ3n) is 4.32. The first-order valence-electron chi connectivity index (χ1n) is 6.85. The van der Waals surface area contributed by atoms with Crippen molar-refractivity contribution in [2.45, 2.75) is 56.0 Å². The Hall–Kier alpha value is -0.460. The van der Waals surface area contributed by atoms with E-state index in [4.69, 9.17) is 9.84 Å². The van der Waals surface area contributed by atoms with Gasteiger partial charge in [-0.05, 0) is 39.0 Å². The Labute approximate surface area is 115 Å². The lowest BCUT2D eigenvalue weighted by atomic mass is 9.80. The molecule has 1 aliphatic heterocycles. The molecule has 0 spiro atoms. The van der Waals surface area contributed by atoms with Crippen molar-refractivity contribution in [2.24, 2.45) is 5.92 Å². The summed E-state index contributed by atoms with van der Waals surface area (Å²) in [5.41, 5.74) is -0.959. The predicted octanol–water partition coefficient (Wildman–Crippen LogP) is 0.918. The first-order chi connectivity index (χ1) is 8.91. The standard InChI is InChI=1S/C13H22O5S/c1-9-11(4-7-18-9)19(17)8-13(16)5-2-10(3-6-13)12(14)15/h9-11,16H,2-8H2,1H3,(H,14,15). The van der Waals surface area contributed by atoms with Gasteiger partial charge in [-0.2, -0.15) is 0 Å². The molecule has 0 aromatic heterocycles. The highest BCUT2D eigenvalue weighted by Crippen LogP contribution is 2.34. The minimum atomic E-state index is -1.11. The number of aliphatic hydroxyl groups is 1. The zero-order chi connectivity index (χ0) is 14.0. The molecule has 2 fully saturated rings. The first kappa shape index (κ1) is 14.9. The maximum absolute atomic E-state index is 12.3. The minimum absolute atomic E-state index is 0.00113. The summed E-state index contributed by atoms with van der Waals surface area (Å²) in [6, 6.07) is 0. The molecule has 5 nitrogen and oxygen atoms in total. The fourth-order valence-electron chi connectivity index (χ4n) is 2.98. The molecule has 110 valence electrons. The predicted molar refractivity (Wildman–Crippen MR) is 71.4 cm³/mol. The van der Waals surface area contributed by atoms with Gasteiger partial charge >= 0.3 is 5.97 Å². The third kappa shape index (κ3) is 3.55. The van der Waals surface area contributed by atoms with E-state index in [1.807, 2.05) is 6.92 Å². The van der Waals surface area contributed by atoms with E-state index in [-0.39, 0.29) is 23.0 Å². The molecule has 6 heteroatoms. The van der Waals surface area contributed by atoms with E-state index >= 15 is 0 Å². The Morgan fingerprint density at radius 1 is 1.37 bits per heavy atom. The molecule has 1 saturated heterocycles. The second-order valence-electron chi connectivity index (χ2n) is 5.76. The van der Waals surface area contributed by atoms with Gasteiger partial charge in [-0.15, -0.1) is 0 Å². The van der Waals surface area contributed by atoms with Crippen LogP contribution in [-0.2, 0) is 20.3 Å². The number of rotatable bonds is 4. The van der Waals surface area contributed by atoms with Crippen LogP contribution in [0.3, 0.4) is 0 Å². The van der Waals surface area contributed by atoms with Crippen molar-refractivity contribution in [1.82, 2.24) is 0 Å². The third-order valence-corrected chi connectivity index (χ3v) is 6.44. The van der Waals surface area contributed by atoms with Gasteiger partial charge in [0.2, 0.25) is 0 Å². The SMILES string of the molecule is CC1OCCC1S(=O)CC1(O)CCC(C(=O)O)CC1. The Balaban J connectivity index is 1.88. The molecule has 0 radical (unpaired) electrons. The highest BCUT2D eigenvalue weighted by atomic mass is 32.2. The molecule has 3 unspecified atom stereocenters. The average molecular weight is 290 g/mol. The van der Waals surface area contributed by atoms with Crippen LogP contribution in [0.1, 0.15) is 39.0 Å². The van der Waals surface area contributed by atoms with Crippen LogP contribution in [0.15, 0.2) is 0 Å². The summed E-state index contributed by atoms with van der Waals surface area (Å²) in [5.74, 6) is -0.902. The molecule has 2 aliphatic rings. The molecule has 2 N–H and O–H groups in total. The number of carbonyl (C=O) groups is 1. The molecule has 3 atom stereocenters. The summed E-state index contributed by atoms with van der Waals surface area (Å²) in [7, 11) is -1.11. The normalized spacial score (nSPS) is 41.1. The van der Waals surface area contributed by atoms with Crippen LogP contribution in [0.2, 0.25) is 0 Å². The fourth-order valence-corrected chi connectivity index (χ4v) is 4.87. The smallest absolute Gasteiger partial charge is 0.306 e. The second-order valence-corrected chi connectivity index (χ2v) is 7.42. The number of hydrogen-bond donors (Lipinski definition) is 2. The number of carboxylic acids is 1. The van der Waals surface area contributed by atoms with Crippen LogP contribution in [0, 0.1) is 5.92 Å². The van der Waals surface area contributed by atoms with Crippen molar-refractivity contribution < 1.29 is 24.0 Å². The molecule has 0 aromatic rings. The lowest BCUT2D eigenvalue weighted by Gasteiger charge is -2.35. The van der Waals surface area contributed by atoms with E-state index in [0.717, 1.165) is 6.42 Å². The summed E-state index contributed by atoms with van der Waals surface area (Å²) in [5, 5.41) is 19.4. The molecule has 0 bridgehead atoms. The quantitative estimate of drug-likeness (QED) is 0.804. The van der Waals surface area contributed by atoms with Crippen LogP contribution >= 0.6 is 0 Å². The van der Waals surface area contributed by atoms with Gasteiger partial charge in [0.25, 0.3) is 0 Å². The second kappa shape index (κ2) is 5.89. The molecular formula is C13H22O5S. The number of ether oxygens (including phenoxy) is 1. The van der Waals surface area contributed by atoms with E-state index < -0.39 is 22.4 Å². The molecule has 19 heavy (non-hydrogen) atoms. The Morgan fingerprint density at radius 2 is 2.00 bits per heavy atom. The highest BCUT2D eigenvalue weighted by Gasteiger charge is 2.40. The van der Waals surface area contributed by atoms with Crippen molar-refractivity contribution in [1.29, 1.82) is 0 Å². The Morgan fingerprint density at radius 3 is 2.47 bits per heavy atom. The molecule has 1 heterocycles. The summed E-state index contributed by atoms with van der Waals surface area (Å²) in [4.78, 5) is 10.9. The lowest BCUT2D eigenvalue weighted by molar-refractivity contribution is -0.144. The number of carboxylic acid groups (broad SMARTS) is 1. The van der Waals surface area contributed by atoms with Crippen LogP contribution in [0.25, 0.3) is 0 Å². The van der Waals surface area contributed by atoms with Gasteiger partial charge in [-0.25, -0.2) is 0 Å². The van der Waals surface area contributed by atoms with Crippen LogP contribution < -0.4 is 0 Å². The summed E-state index contributed by atoms with van der Waals surface area (Å²) < 4.78 is 17.7. The van der Waals surface area contributed by atoms with E-state index in [2.05, 4.69) is 0 Å². The van der Waals surface area contributed by atoms with Crippen LogP contribution in [0.4, 0.5) is 0 Å². The average Bonchev–Trinajstić information content (AvgIpc) is 2.75. The topological polar surface area (TPSA) is 83.8 Å². The zero-order valence-electron chi connectivity index (χ0n) is 11.2. The van der Waals surface area contributed by atoms with Gasteiger partial charge in [-0.1, -0.05) is 0 Å². The zero-order valence-corrected chi connectivity index (χ0v) is 12.0. The molecular weight excluding hydrogens is 268 g/mol. The van der Waals surface area contributed by atoms with E-state index in [1.54, 1.807) is 0 Å². The van der Waals surface area contributed by atoms with Gasteiger partial charge in [0, 0.05) is 17.4 Å². The number of hydrogen-bond acceptors (Lipinski definition) is 4. The van der Waals surface area contributed by atoms with E-state index in [0.29, 0.717) is 32.3 Å². The first-order valence-corrected chi connectivity index (χ1v) is 8.23. The van der Waals surface area contributed by atoms with Crippen LogP contribution in [0.5, 0.6) is 0 Å². The summed E-state index contributed by atoms with van der Waals surface area (Å²) in [6.45, 7) is 2.55. The Kier molecular flexibility index (Phi) is 4.63. The van der Waals surface area contributed by atoms with Gasteiger partial charge in [-0.3, -0.25) is 9.00 Å². The van der Waals surface area contributed by atoms with Crippen molar-refractivity contribution in [3.63, 3.8) is 0 Å². The number of aliphatic carboxylic acids is 1. The molecule has 0 aromatic carbocycles. The molecule has 1 aliphatic carbocycles. The minimum Gasteiger partial charge on any atom is -0.481 e. The maximum Gasteiger partial charge on any atom is 0.306 e. The van der Waals surface area contributed by atoms with E-state index in [1.165, 1.54) is 0 Å². The Bertz CT molecular complexity index is 362. The summed E-state index contributed by atoms with van der Waals surface area (Å²) in [6.07, 6.45) is 2.57. The summed E-state index contributed by atoms with van der Waals surface area (Å²) >= 11 is 0. The van der Waals surface area contributed by atoms with Crippen molar-refractivity contribution in [2.75, 3.05) is 12.4 Å². The monoisotopic (exact) mass is 290 g/mol.